The van der Waals surface area contributed by atoms with Crippen molar-refractivity contribution in [2.45, 2.75) is 6.92 Å². The highest BCUT2D eigenvalue weighted by Crippen LogP contribution is 2.37. The molecule has 3 aromatic rings. The van der Waals surface area contributed by atoms with Crippen LogP contribution in [-0.4, -0.2) is 21.8 Å². The van der Waals surface area contributed by atoms with Gasteiger partial charge in [0.05, 0.1) is 5.69 Å². The molecular weight excluding hydrogens is 389 g/mol. The van der Waals surface area contributed by atoms with Gasteiger partial charge in [0.15, 0.2) is 16.6 Å². The molecule has 2 aromatic heterocycles. The number of anilines is 1. The van der Waals surface area contributed by atoms with E-state index in [0.717, 1.165) is 11.0 Å². The Bertz CT molecular complexity index is 982. The topological polar surface area (TPSA) is 87.7 Å². The van der Waals surface area contributed by atoms with Crippen LogP contribution in [0.25, 0.3) is 11.0 Å². The van der Waals surface area contributed by atoms with E-state index in [9.17, 15) is 4.79 Å². The number of hydrogen-bond acceptors (Lipinski definition) is 5. The molecule has 0 spiro atoms. The summed E-state index contributed by atoms with van der Waals surface area (Å²) in [6, 6.07) is 9.36. The van der Waals surface area contributed by atoms with Crippen LogP contribution >= 0.6 is 34.8 Å². The third-order valence-corrected chi connectivity index (χ3v) is 4.46. The van der Waals surface area contributed by atoms with Crippen molar-refractivity contribution in [1.82, 2.24) is 4.98 Å². The monoisotopic (exact) mass is 397 g/mol. The minimum atomic E-state index is -1.33. The van der Waals surface area contributed by atoms with E-state index in [4.69, 9.17) is 44.3 Å². The van der Waals surface area contributed by atoms with Gasteiger partial charge in [-0.1, -0.05) is 53.0 Å². The van der Waals surface area contributed by atoms with Crippen LogP contribution in [0.3, 0.4) is 0 Å². The minimum absolute atomic E-state index is 0.0298. The highest BCUT2D eigenvalue weighted by molar-refractivity contribution is 6.46. The van der Waals surface area contributed by atoms with Crippen molar-refractivity contribution < 1.29 is 14.3 Å². The molecular formula is C16H10Cl3N3O3. The second-order valence-electron chi connectivity index (χ2n) is 5.02. The van der Waals surface area contributed by atoms with Crippen LogP contribution in [0, 0.1) is 0 Å². The third kappa shape index (κ3) is 3.42. The predicted molar refractivity (Wildman–Crippen MR) is 98.3 cm³/mol. The van der Waals surface area contributed by atoms with Gasteiger partial charge < -0.3 is 9.52 Å². The first-order valence-electron chi connectivity index (χ1n) is 6.95. The second kappa shape index (κ2) is 6.92. The van der Waals surface area contributed by atoms with Crippen molar-refractivity contribution >= 4 is 63.1 Å². The van der Waals surface area contributed by atoms with Crippen LogP contribution in [0.5, 0.6) is 0 Å². The summed E-state index contributed by atoms with van der Waals surface area (Å²) in [7, 11) is 0. The zero-order valence-electron chi connectivity index (χ0n) is 12.7. The van der Waals surface area contributed by atoms with E-state index in [1.165, 1.54) is 0 Å². The molecule has 0 aliphatic rings. The lowest BCUT2D eigenvalue weighted by molar-refractivity contribution is 0.0691. The van der Waals surface area contributed by atoms with Gasteiger partial charge in [-0.25, -0.2) is 9.78 Å². The SMILES string of the molecule is C/C(=N\Nc1c(Cl)c(Cl)nc(C(=O)O)c1Cl)c1cc2ccccc2o1. The van der Waals surface area contributed by atoms with Gasteiger partial charge in [0, 0.05) is 5.39 Å². The van der Waals surface area contributed by atoms with E-state index in [2.05, 4.69) is 15.5 Å². The van der Waals surface area contributed by atoms with E-state index in [-0.39, 0.29) is 20.9 Å². The number of carboxylic acids is 1. The zero-order chi connectivity index (χ0) is 18.1. The fourth-order valence-corrected chi connectivity index (χ4v) is 2.78. The number of nitrogens with zero attached hydrogens (tertiary/aromatic N) is 2. The minimum Gasteiger partial charge on any atom is -0.476 e. The Morgan fingerprint density at radius 3 is 2.64 bits per heavy atom. The summed E-state index contributed by atoms with van der Waals surface area (Å²) in [5, 5.41) is 13.8. The van der Waals surface area contributed by atoms with E-state index in [1.807, 2.05) is 30.3 Å². The van der Waals surface area contributed by atoms with Gasteiger partial charge in [-0.3, -0.25) is 5.43 Å². The Balaban J connectivity index is 1.97. The Morgan fingerprint density at radius 2 is 1.96 bits per heavy atom. The third-order valence-electron chi connectivity index (χ3n) is 3.36. The normalized spacial score (nSPS) is 11.8. The highest BCUT2D eigenvalue weighted by Gasteiger charge is 2.21. The van der Waals surface area contributed by atoms with Gasteiger partial charge in [0.1, 0.15) is 21.3 Å². The van der Waals surface area contributed by atoms with E-state index in [0.29, 0.717) is 11.5 Å². The number of benzene rings is 1. The van der Waals surface area contributed by atoms with Crippen LogP contribution in [-0.2, 0) is 0 Å². The molecule has 2 N–H and O–H groups in total. The summed E-state index contributed by atoms with van der Waals surface area (Å²) in [6.07, 6.45) is 0. The van der Waals surface area contributed by atoms with Crippen LogP contribution in [0.4, 0.5) is 5.69 Å². The zero-order valence-corrected chi connectivity index (χ0v) is 14.9. The predicted octanol–water partition coefficient (Wildman–Crippen LogP) is 5.32. The largest absolute Gasteiger partial charge is 0.476 e. The average Bonchev–Trinajstić information content (AvgIpc) is 3.01. The molecule has 0 atom stereocenters. The number of furan rings is 1. The smallest absolute Gasteiger partial charge is 0.356 e. The van der Waals surface area contributed by atoms with Gasteiger partial charge in [-0.2, -0.15) is 5.10 Å². The van der Waals surface area contributed by atoms with Crippen LogP contribution < -0.4 is 5.43 Å². The first-order valence-corrected chi connectivity index (χ1v) is 8.09. The summed E-state index contributed by atoms with van der Waals surface area (Å²) in [4.78, 5) is 14.8. The van der Waals surface area contributed by atoms with Gasteiger partial charge in [-0.15, -0.1) is 0 Å². The lowest BCUT2D eigenvalue weighted by Gasteiger charge is -2.10. The van der Waals surface area contributed by atoms with E-state index >= 15 is 0 Å². The molecule has 25 heavy (non-hydrogen) atoms. The molecule has 6 nitrogen and oxygen atoms in total. The summed E-state index contributed by atoms with van der Waals surface area (Å²) in [5.41, 5.74) is 3.50. The molecule has 0 fully saturated rings. The quantitative estimate of drug-likeness (QED) is 0.353. The number of fused-ring (bicyclic) bond motifs is 1. The number of para-hydroxylation sites is 1. The molecule has 0 aliphatic heterocycles. The molecule has 0 saturated carbocycles. The molecule has 1 aromatic carbocycles. The summed E-state index contributed by atoms with van der Waals surface area (Å²) in [5.74, 6) is -0.788. The number of carbonyl (C=O) groups is 1. The molecule has 128 valence electrons. The lowest BCUT2D eigenvalue weighted by atomic mass is 10.2. The first kappa shape index (κ1) is 17.5. The van der Waals surface area contributed by atoms with Crippen molar-refractivity contribution in [1.29, 1.82) is 0 Å². The van der Waals surface area contributed by atoms with E-state index in [1.54, 1.807) is 6.92 Å². The van der Waals surface area contributed by atoms with Crippen molar-refractivity contribution in [2.75, 3.05) is 5.43 Å². The van der Waals surface area contributed by atoms with Gasteiger partial charge in [0.2, 0.25) is 0 Å². The molecule has 0 radical (unpaired) electrons. The summed E-state index contributed by atoms with van der Waals surface area (Å²) < 4.78 is 5.70. The number of nitrogens with one attached hydrogen (secondary N) is 1. The molecule has 3 rings (SSSR count). The number of pyridine rings is 1. The molecule has 0 amide bonds. The average molecular weight is 399 g/mol. The Kier molecular flexibility index (Phi) is 4.85. The van der Waals surface area contributed by atoms with E-state index < -0.39 is 11.7 Å². The Morgan fingerprint density at radius 1 is 1.24 bits per heavy atom. The number of rotatable bonds is 4. The number of aromatic carboxylic acids is 1. The number of hydrogen-bond donors (Lipinski definition) is 2. The number of carboxylic acid groups (broad SMARTS) is 1. The number of halogens is 3. The first-order chi connectivity index (χ1) is 11.9. The number of hydrazone groups is 1. The fourth-order valence-electron chi connectivity index (χ4n) is 2.11. The highest BCUT2D eigenvalue weighted by atomic mass is 35.5. The molecule has 2 heterocycles. The molecule has 9 heteroatoms. The van der Waals surface area contributed by atoms with Crippen molar-refractivity contribution in [3.05, 3.63) is 57.0 Å². The molecule has 0 unspecified atom stereocenters. The van der Waals surface area contributed by atoms with Gasteiger partial charge >= 0.3 is 5.97 Å². The van der Waals surface area contributed by atoms with Crippen molar-refractivity contribution in [3.63, 3.8) is 0 Å². The standard InChI is InChI=1S/C16H10Cl3N3O3/c1-7(10-6-8-4-2-3-5-9(8)25-10)21-22-13-11(17)14(16(23)24)20-15(19)12(13)18/h2-6H,1H3,(H,20,22)(H,23,24)/b21-7+. The van der Waals surface area contributed by atoms with Crippen LogP contribution in [0.1, 0.15) is 23.2 Å². The molecule has 0 bridgehead atoms. The van der Waals surface area contributed by atoms with Crippen molar-refractivity contribution in [3.8, 4) is 0 Å². The maximum absolute atomic E-state index is 11.2. The van der Waals surface area contributed by atoms with Crippen LogP contribution in [0.2, 0.25) is 15.2 Å². The molecule has 0 saturated heterocycles. The Labute approximate surface area is 157 Å². The van der Waals surface area contributed by atoms with Gasteiger partial charge in [-0.05, 0) is 19.1 Å². The summed E-state index contributed by atoms with van der Waals surface area (Å²) >= 11 is 17.9. The Hall–Kier alpha value is -2.28. The van der Waals surface area contributed by atoms with Crippen LogP contribution in [0.15, 0.2) is 39.9 Å². The molecule has 0 aliphatic carbocycles. The lowest BCUT2D eigenvalue weighted by Crippen LogP contribution is -2.06. The maximum atomic E-state index is 11.2. The maximum Gasteiger partial charge on any atom is 0.356 e. The van der Waals surface area contributed by atoms with Gasteiger partial charge in [0.25, 0.3) is 0 Å². The summed E-state index contributed by atoms with van der Waals surface area (Å²) in [6.45, 7) is 1.72. The second-order valence-corrected chi connectivity index (χ2v) is 6.13. The van der Waals surface area contributed by atoms with Crippen molar-refractivity contribution in [2.24, 2.45) is 5.10 Å². The fraction of sp³-hybridized carbons (Fsp3) is 0.0625. The number of aromatic nitrogens is 1.